The van der Waals surface area contributed by atoms with E-state index in [1.54, 1.807) is 11.3 Å². The van der Waals surface area contributed by atoms with E-state index in [-0.39, 0.29) is 0 Å². The molecule has 1 aromatic heterocycles. The molecule has 0 aliphatic rings. The highest BCUT2D eigenvalue weighted by atomic mass is 32.2. The molecule has 0 bridgehead atoms. The maximum atomic E-state index is 8.58. The number of nitriles is 1. The molecule has 0 spiro atoms. The zero-order valence-electron chi connectivity index (χ0n) is 14.0. The predicted molar refractivity (Wildman–Crippen MR) is 102 cm³/mol. The van der Waals surface area contributed by atoms with Crippen LogP contribution in [-0.4, -0.2) is 11.4 Å². The first-order chi connectivity index (χ1) is 10.9. The van der Waals surface area contributed by atoms with Crippen molar-refractivity contribution in [3.63, 3.8) is 0 Å². The molecule has 2 aromatic rings. The molecule has 1 heterocycles. The van der Waals surface area contributed by atoms with Crippen LogP contribution in [0.1, 0.15) is 40.3 Å². The molecule has 0 radical (unpaired) electrons. The van der Waals surface area contributed by atoms with Crippen molar-refractivity contribution in [2.24, 2.45) is 9.39 Å². The fraction of sp³-hybridized carbons (Fsp3) is 0.278. The summed E-state index contributed by atoms with van der Waals surface area (Å²) in [6.45, 7) is 10.3. The molecular formula is C18H19N3S2. The Morgan fingerprint density at radius 2 is 1.61 bits per heavy atom. The number of aryl methyl sites for hydroxylation is 3. The van der Waals surface area contributed by atoms with Crippen LogP contribution in [0.3, 0.4) is 0 Å². The minimum Gasteiger partial charge on any atom is -0.252 e. The highest BCUT2D eigenvalue weighted by Gasteiger charge is 2.08. The molecule has 0 N–H and O–H groups in total. The highest BCUT2D eigenvalue weighted by Crippen LogP contribution is 2.27. The first kappa shape index (κ1) is 17.5. The van der Waals surface area contributed by atoms with Crippen LogP contribution in [-0.2, 0) is 0 Å². The average Bonchev–Trinajstić information content (AvgIpc) is 2.98. The fourth-order valence-electron chi connectivity index (χ4n) is 2.43. The van der Waals surface area contributed by atoms with Gasteiger partial charge in [-0.3, -0.25) is 4.99 Å². The number of aliphatic imine (C=N–C) groups is 1. The fourth-order valence-corrected chi connectivity index (χ4v) is 3.66. The Morgan fingerprint density at radius 1 is 1.04 bits per heavy atom. The molecule has 118 valence electrons. The molecule has 2 rings (SSSR count). The van der Waals surface area contributed by atoms with Gasteiger partial charge in [-0.15, -0.1) is 11.3 Å². The normalized spacial score (nSPS) is 12.3. The molecule has 0 fully saturated rings. The maximum absolute atomic E-state index is 8.58. The number of rotatable bonds is 4. The minimum absolute atomic E-state index is 0.864. The van der Waals surface area contributed by atoms with E-state index in [4.69, 9.17) is 10.3 Å². The monoisotopic (exact) mass is 341 g/mol. The van der Waals surface area contributed by atoms with Crippen LogP contribution in [0.25, 0.3) is 0 Å². The molecule has 3 nitrogen and oxygen atoms in total. The average molecular weight is 342 g/mol. The van der Waals surface area contributed by atoms with Crippen molar-refractivity contribution in [2.75, 3.05) is 0 Å². The molecule has 0 saturated carbocycles. The summed E-state index contributed by atoms with van der Waals surface area (Å²) in [7, 11) is 0. The van der Waals surface area contributed by atoms with E-state index in [1.165, 1.54) is 16.7 Å². The van der Waals surface area contributed by atoms with Gasteiger partial charge in [0.25, 0.3) is 0 Å². The van der Waals surface area contributed by atoms with Gasteiger partial charge in [0.05, 0.1) is 29.1 Å². The molecule has 0 unspecified atom stereocenters. The van der Waals surface area contributed by atoms with Gasteiger partial charge in [0, 0.05) is 9.75 Å². The Kier molecular flexibility index (Phi) is 5.75. The zero-order chi connectivity index (χ0) is 17.0. The number of hydrogen-bond donors (Lipinski definition) is 0. The van der Waals surface area contributed by atoms with Crippen LogP contribution in [0.15, 0.2) is 33.7 Å². The molecule has 23 heavy (non-hydrogen) atoms. The lowest BCUT2D eigenvalue weighted by Gasteiger charge is -2.08. The van der Waals surface area contributed by atoms with Gasteiger partial charge in [-0.1, -0.05) is 17.7 Å². The topological polar surface area (TPSA) is 48.5 Å². The summed E-state index contributed by atoms with van der Waals surface area (Å²) in [6.07, 6.45) is 0. The molecular weight excluding hydrogens is 322 g/mol. The van der Waals surface area contributed by atoms with Crippen LogP contribution in [0.4, 0.5) is 5.69 Å². The summed E-state index contributed by atoms with van der Waals surface area (Å²) in [5, 5.41) is 10.5. The second kappa shape index (κ2) is 7.58. The van der Waals surface area contributed by atoms with Gasteiger partial charge < -0.3 is 0 Å². The second-order valence-corrected chi connectivity index (χ2v) is 7.10. The van der Waals surface area contributed by atoms with Gasteiger partial charge in [0.1, 0.15) is 0 Å². The van der Waals surface area contributed by atoms with Crippen molar-refractivity contribution >= 4 is 40.4 Å². The third-order valence-corrected chi connectivity index (χ3v) is 5.21. The van der Waals surface area contributed by atoms with Crippen molar-refractivity contribution in [3.8, 4) is 5.40 Å². The summed E-state index contributed by atoms with van der Waals surface area (Å²) < 4.78 is 4.15. The van der Waals surface area contributed by atoms with Crippen molar-refractivity contribution in [1.29, 1.82) is 5.26 Å². The van der Waals surface area contributed by atoms with Crippen molar-refractivity contribution in [3.05, 3.63) is 50.7 Å². The van der Waals surface area contributed by atoms with E-state index in [9.17, 15) is 0 Å². The van der Waals surface area contributed by atoms with E-state index < -0.39 is 0 Å². The number of thiophene rings is 1. The lowest BCUT2D eigenvalue weighted by molar-refractivity contribution is 1.28. The molecule has 0 atom stereocenters. The van der Waals surface area contributed by atoms with Crippen LogP contribution in [0.5, 0.6) is 0 Å². The van der Waals surface area contributed by atoms with Crippen LogP contribution in [0.2, 0.25) is 0 Å². The lowest BCUT2D eigenvalue weighted by Crippen LogP contribution is -1.92. The Morgan fingerprint density at radius 3 is 2.17 bits per heavy atom. The van der Waals surface area contributed by atoms with E-state index >= 15 is 0 Å². The smallest absolute Gasteiger partial charge is 0.157 e. The predicted octanol–water partition coefficient (Wildman–Crippen LogP) is 5.75. The molecule has 5 heteroatoms. The Hall–Kier alpha value is -1.90. The van der Waals surface area contributed by atoms with Gasteiger partial charge >= 0.3 is 0 Å². The molecule has 1 aromatic carbocycles. The number of thiocyanates is 1. The lowest BCUT2D eigenvalue weighted by atomic mass is 10.1. The van der Waals surface area contributed by atoms with Crippen LogP contribution >= 0.6 is 23.3 Å². The first-order valence-corrected chi connectivity index (χ1v) is 8.84. The van der Waals surface area contributed by atoms with Gasteiger partial charge in [0.15, 0.2) is 5.40 Å². The number of hydrogen-bond acceptors (Lipinski definition) is 5. The van der Waals surface area contributed by atoms with Gasteiger partial charge in [0.2, 0.25) is 0 Å². The molecule has 0 aliphatic heterocycles. The van der Waals surface area contributed by atoms with Gasteiger partial charge in [-0.05, 0) is 57.9 Å². The van der Waals surface area contributed by atoms with E-state index in [0.29, 0.717) is 0 Å². The summed E-state index contributed by atoms with van der Waals surface area (Å²) >= 11 is 2.56. The first-order valence-electron chi connectivity index (χ1n) is 7.25. The second-order valence-electron chi connectivity index (χ2n) is 5.47. The quantitative estimate of drug-likeness (QED) is 0.404. The Bertz CT molecular complexity index is 800. The van der Waals surface area contributed by atoms with E-state index in [2.05, 4.69) is 43.4 Å². The van der Waals surface area contributed by atoms with E-state index in [1.807, 2.05) is 25.3 Å². The summed E-state index contributed by atoms with van der Waals surface area (Å²) in [4.78, 5) is 7.02. The molecule has 0 saturated heterocycles. The van der Waals surface area contributed by atoms with Crippen molar-refractivity contribution in [2.45, 2.75) is 34.6 Å². The number of benzene rings is 1. The Balaban J connectivity index is 2.33. The standard InChI is InChI=1S/C18H19N3S2/c1-11-8-12(2)18(13(3)9-11)20-14(4)16-6-7-17(23-16)15(5)21-22-10-19/h6-9H,1-5H3/b20-14?,21-15+. The van der Waals surface area contributed by atoms with E-state index in [0.717, 1.165) is 38.8 Å². The zero-order valence-corrected chi connectivity index (χ0v) is 15.6. The van der Waals surface area contributed by atoms with Gasteiger partial charge in [-0.25, -0.2) is 4.40 Å². The van der Waals surface area contributed by atoms with Crippen molar-refractivity contribution in [1.82, 2.24) is 0 Å². The Labute approximate surface area is 145 Å². The van der Waals surface area contributed by atoms with Crippen LogP contribution < -0.4 is 0 Å². The maximum Gasteiger partial charge on any atom is 0.157 e. The SMILES string of the molecule is CC(=Nc1c(C)cc(C)cc1C)c1ccc(/C(C)=N/SC#N)s1. The summed E-state index contributed by atoms with van der Waals surface area (Å²) in [5.41, 5.74) is 6.56. The third-order valence-electron chi connectivity index (χ3n) is 3.46. The minimum atomic E-state index is 0.864. The number of nitrogens with zero attached hydrogens (tertiary/aromatic N) is 3. The summed E-state index contributed by atoms with van der Waals surface area (Å²) in [5.74, 6) is 0. The summed E-state index contributed by atoms with van der Waals surface area (Å²) in [6, 6.07) is 8.42. The van der Waals surface area contributed by atoms with Crippen molar-refractivity contribution < 1.29 is 0 Å². The highest BCUT2D eigenvalue weighted by molar-refractivity contribution is 8.02. The van der Waals surface area contributed by atoms with Crippen LogP contribution in [0, 0.1) is 31.4 Å². The largest absolute Gasteiger partial charge is 0.252 e. The molecule has 0 amide bonds. The molecule has 0 aliphatic carbocycles. The third kappa shape index (κ3) is 4.31. The van der Waals surface area contributed by atoms with Gasteiger partial charge in [-0.2, -0.15) is 5.26 Å².